The summed E-state index contributed by atoms with van der Waals surface area (Å²) >= 11 is 18.8. The molecule has 1 heterocycles. The summed E-state index contributed by atoms with van der Waals surface area (Å²) in [4.78, 5) is 18.3. The van der Waals surface area contributed by atoms with E-state index in [4.69, 9.17) is 39.8 Å². The number of hydrogen-bond acceptors (Lipinski definition) is 2. The smallest absolute Gasteiger partial charge is 0.253 e. The molecule has 4 bridgehead atoms. The number of hydrogen-bond donors (Lipinski definition) is 1. The van der Waals surface area contributed by atoms with Crippen LogP contribution in [0.25, 0.3) is 22.4 Å². The van der Waals surface area contributed by atoms with Gasteiger partial charge < -0.3 is 5.32 Å². The summed E-state index contributed by atoms with van der Waals surface area (Å²) in [6.07, 6.45) is 9.01. The van der Waals surface area contributed by atoms with Gasteiger partial charge in [-0.1, -0.05) is 53.0 Å². The molecule has 1 N–H and O–H groups in total. The third-order valence-electron chi connectivity index (χ3n) is 7.91. The second-order valence-electron chi connectivity index (χ2n) is 10.4. The zero-order valence-electron chi connectivity index (χ0n) is 18.7. The first-order valence-corrected chi connectivity index (χ1v) is 13.0. The predicted molar refractivity (Wildman–Crippen MR) is 139 cm³/mol. The molecule has 4 aliphatic rings. The van der Waals surface area contributed by atoms with E-state index in [1.165, 1.54) is 19.3 Å². The highest BCUT2D eigenvalue weighted by atomic mass is 35.5. The highest BCUT2D eigenvalue weighted by Crippen LogP contribution is 2.55. The molecule has 0 aliphatic heterocycles. The lowest BCUT2D eigenvalue weighted by Crippen LogP contribution is -2.59. The SMILES string of the molecule is O=C(NC12CC3CC(CC(C3)C1)C2)c1cnc(-c2ccc(Cl)cc2)c(-c2ccc(Cl)cc2Cl)c1. The van der Waals surface area contributed by atoms with Gasteiger partial charge in [0.1, 0.15) is 0 Å². The molecular formula is C28H25Cl3N2O. The summed E-state index contributed by atoms with van der Waals surface area (Å²) in [5, 5.41) is 5.19. The molecule has 3 aromatic rings. The maximum Gasteiger partial charge on any atom is 0.253 e. The number of aromatic nitrogens is 1. The van der Waals surface area contributed by atoms with Gasteiger partial charge in [-0.25, -0.2) is 0 Å². The molecule has 0 radical (unpaired) electrons. The first-order valence-electron chi connectivity index (χ1n) is 11.9. The molecule has 4 saturated carbocycles. The van der Waals surface area contributed by atoms with Gasteiger partial charge in [-0.2, -0.15) is 0 Å². The maximum absolute atomic E-state index is 13.5. The zero-order chi connectivity index (χ0) is 23.4. The number of nitrogens with one attached hydrogen (secondary N) is 1. The van der Waals surface area contributed by atoms with Crippen LogP contribution >= 0.6 is 34.8 Å². The van der Waals surface area contributed by atoms with Crippen LogP contribution in [0.15, 0.2) is 54.7 Å². The van der Waals surface area contributed by atoms with Crippen LogP contribution in [0.2, 0.25) is 15.1 Å². The average molecular weight is 512 g/mol. The van der Waals surface area contributed by atoms with Crippen LogP contribution in [0.3, 0.4) is 0 Å². The second-order valence-corrected chi connectivity index (χ2v) is 11.7. The van der Waals surface area contributed by atoms with Gasteiger partial charge in [0.2, 0.25) is 0 Å². The van der Waals surface area contributed by atoms with E-state index < -0.39 is 0 Å². The molecule has 4 aliphatic carbocycles. The minimum absolute atomic E-state index is 0.0524. The lowest BCUT2D eigenvalue weighted by Gasteiger charge is -2.56. The van der Waals surface area contributed by atoms with Crippen LogP contribution in [-0.4, -0.2) is 16.4 Å². The minimum Gasteiger partial charge on any atom is -0.347 e. The van der Waals surface area contributed by atoms with Crippen LogP contribution in [-0.2, 0) is 0 Å². The molecule has 0 unspecified atom stereocenters. The quantitative estimate of drug-likeness (QED) is 0.385. The summed E-state index contributed by atoms with van der Waals surface area (Å²) in [5.41, 5.74) is 3.72. The van der Waals surface area contributed by atoms with Crippen LogP contribution in [0.4, 0.5) is 0 Å². The van der Waals surface area contributed by atoms with Gasteiger partial charge >= 0.3 is 0 Å². The van der Waals surface area contributed by atoms with Crippen molar-refractivity contribution in [3.63, 3.8) is 0 Å². The highest BCUT2D eigenvalue weighted by molar-refractivity contribution is 6.36. The van der Waals surface area contributed by atoms with Gasteiger partial charge in [0, 0.05) is 43.5 Å². The summed E-state index contributed by atoms with van der Waals surface area (Å²) in [6, 6.07) is 14.8. The summed E-state index contributed by atoms with van der Waals surface area (Å²) in [6.45, 7) is 0. The Morgan fingerprint density at radius 1 is 0.824 bits per heavy atom. The second kappa shape index (κ2) is 8.55. The predicted octanol–water partition coefficient (Wildman–Crippen LogP) is 8.07. The Kier molecular flexibility index (Phi) is 5.63. The summed E-state index contributed by atoms with van der Waals surface area (Å²) in [5.74, 6) is 2.24. The lowest BCUT2D eigenvalue weighted by molar-refractivity contribution is -0.0167. The van der Waals surface area contributed by atoms with Crippen molar-refractivity contribution in [2.75, 3.05) is 0 Å². The Balaban J connectivity index is 1.38. The monoisotopic (exact) mass is 510 g/mol. The maximum atomic E-state index is 13.5. The molecule has 1 aromatic heterocycles. The number of nitrogens with zero attached hydrogens (tertiary/aromatic N) is 1. The summed E-state index contributed by atoms with van der Waals surface area (Å²) < 4.78 is 0. The van der Waals surface area contributed by atoms with Crippen molar-refractivity contribution in [3.8, 4) is 22.4 Å². The molecule has 1 amide bonds. The molecule has 2 aromatic carbocycles. The van der Waals surface area contributed by atoms with Gasteiger partial charge in [0.25, 0.3) is 5.91 Å². The van der Waals surface area contributed by atoms with Gasteiger partial charge in [-0.05, 0) is 86.6 Å². The van der Waals surface area contributed by atoms with Crippen molar-refractivity contribution in [2.45, 2.75) is 44.1 Å². The largest absolute Gasteiger partial charge is 0.347 e. The molecule has 34 heavy (non-hydrogen) atoms. The molecule has 0 saturated heterocycles. The molecular weight excluding hydrogens is 487 g/mol. The molecule has 4 fully saturated rings. The van der Waals surface area contributed by atoms with Gasteiger partial charge in [0.15, 0.2) is 0 Å². The fourth-order valence-corrected chi connectivity index (χ4v) is 7.55. The number of carbonyl (C=O) groups excluding carboxylic acids is 1. The Hall–Kier alpha value is -2.07. The van der Waals surface area contributed by atoms with Gasteiger partial charge in [-0.3, -0.25) is 9.78 Å². The minimum atomic E-state index is -0.0568. The van der Waals surface area contributed by atoms with E-state index in [0.717, 1.165) is 59.4 Å². The molecule has 0 spiro atoms. The van der Waals surface area contributed by atoms with Crippen molar-refractivity contribution in [2.24, 2.45) is 17.8 Å². The van der Waals surface area contributed by atoms with Crippen LogP contribution in [0, 0.1) is 17.8 Å². The topological polar surface area (TPSA) is 42.0 Å². The van der Waals surface area contributed by atoms with E-state index in [1.807, 2.05) is 36.4 Å². The number of halogens is 3. The Labute approximate surface area is 214 Å². The van der Waals surface area contributed by atoms with Crippen LogP contribution in [0.1, 0.15) is 48.9 Å². The van der Waals surface area contributed by atoms with E-state index in [1.54, 1.807) is 18.3 Å². The van der Waals surface area contributed by atoms with Crippen molar-refractivity contribution in [1.29, 1.82) is 0 Å². The van der Waals surface area contributed by atoms with Crippen LogP contribution < -0.4 is 5.32 Å². The number of benzene rings is 2. The van der Waals surface area contributed by atoms with Crippen molar-refractivity contribution in [1.82, 2.24) is 10.3 Å². The highest BCUT2D eigenvalue weighted by Gasteiger charge is 2.51. The molecule has 0 atom stereocenters. The van der Waals surface area contributed by atoms with E-state index in [0.29, 0.717) is 20.6 Å². The Morgan fingerprint density at radius 3 is 2.06 bits per heavy atom. The number of rotatable bonds is 4. The Morgan fingerprint density at radius 2 is 1.44 bits per heavy atom. The fraction of sp³-hybridized carbons (Fsp3) is 0.357. The lowest BCUT2D eigenvalue weighted by atomic mass is 9.53. The molecule has 6 heteroatoms. The summed E-state index contributed by atoms with van der Waals surface area (Å²) in [7, 11) is 0. The first kappa shape index (κ1) is 22.4. The van der Waals surface area contributed by atoms with Gasteiger partial charge in [-0.15, -0.1) is 0 Å². The van der Waals surface area contributed by atoms with E-state index >= 15 is 0 Å². The number of pyridine rings is 1. The first-order chi connectivity index (χ1) is 16.4. The number of amides is 1. The average Bonchev–Trinajstić information content (AvgIpc) is 2.78. The standard InChI is InChI=1S/C28H25Cl3N2O/c29-21-3-1-19(2-4-21)26-24(23-6-5-22(30)11-25(23)31)10-20(15-32-26)27(34)33-28-12-16-7-17(13-28)9-18(8-16)14-28/h1-6,10-11,15-18H,7-9,12-14H2,(H,33,34). The van der Waals surface area contributed by atoms with Gasteiger partial charge in [0.05, 0.1) is 11.3 Å². The molecule has 3 nitrogen and oxygen atoms in total. The van der Waals surface area contributed by atoms with E-state index in [2.05, 4.69) is 5.32 Å². The number of carbonyl (C=O) groups is 1. The van der Waals surface area contributed by atoms with Crippen LogP contribution in [0.5, 0.6) is 0 Å². The Bertz CT molecular complexity index is 1240. The molecule has 7 rings (SSSR count). The van der Waals surface area contributed by atoms with Crippen molar-refractivity contribution >= 4 is 40.7 Å². The van der Waals surface area contributed by atoms with Crippen molar-refractivity contribution < 1.29 is 4.79 Å². The zero-order valence-corrected chi connectivity index (χ0v) is 20.9. The van der Waals surface area contributed by atoms with E-state index in [9.17, 15) is 4.79 Å². The van der Waals surface area contributed by atoms with E-state index in [-0.39, 0.29) is 11.4 Å². The third-order valence-corrected chi connectivity index (χ3v) is 8.71. The third kappa shape index (κ3) is 4.12. The van der Waals surface area contributed by atoms with Crippen molar-refractivity contribution in [3.05, 3.63) is 75.4 Å². The fourth-order valence-electron chi connectivity index (χ4n) is 6.92. The normalized spacial score (nSPS) is 27.1. The molecule has 174 valence electrons.